The number of aromatic nitrogens is 3. The molecule has 0 saturated heterocycles. The molecule has 5 heteroatoms. The van der Waals surface area contributed by atoms with Crippen molar-refractivity contribution in [1.29, 1.82) is 5.26 Å². The van der Waals surface area contributed by atoms with Gasteiger partial charge in [0.1, 0.15) is 11.9 Å². The molecule has 2 aromatic heterocycles. The number of nitriles is 1. The van der Waals surface area contributed by atoms with Crippen molar-refractivity contribution in [3.05, 3.63) is 41.3 Å². The normalized spacial score (nSPS) is 13.6. The Balaban J connectivity index is 1.73. The van der Waals surface area contributed by atoms with Gasteiger partial charge in [-0.2, -0.15) is 10.4 Å². The number of hydrogen-bond acceptors (Lipinski definition) is 4. The molecule has 0 atom stereocenters. The lowest BCUT2D eigenvalue weighted by molar-refractivity contribution is 0.635. The summed E-state index contributed by atoms with van der Waals surface area (Å²) in [5, 5.41) is 16.7. The van der Waals surface area contributed by atoms with Gasteiger partial charge in [0, 0.05) is 24.6 Å². The molecule has 0 saturated carbocycles. The molecule has 2 aromatic rings. The first-order valence-electron chi connectivity index (χ1n) is 7.01. The van der Waals surface area contributed by atoms with E-state index in [1.165, 1.54) is 18.4 Å². The number of nitrogens with one attached hydrogen (secondary N) is 1. The van der Waals surface area contributed by atoms with Crippen molar-refractivity contribution >= 4 is 5.82 Å². The molecule has 0 radical (unpaired) electrons. The first kappa shape index (κ1) is 12.7. The van der Waals surface area contributed by atoms with E-state index in [0.717, 1.165) is 25.1 Å². The molecule has 2 heterocycles. The molecule has 0 aromatic carbocycles. The van der Waals surface area contributed by atoms with Gasteiger partial charge in [-0.15, -0.1) is 0 Å². The maximum Gasteiger partial charge on any atom is 0.144 e. The van der Waals surface area contributed by atoms with Crippen molar-refractivity contribution in [2.75, 3.05) is 11.9 Å². The Hall–Kier alpha value is -2.35. The third-order valence-corrected chi connectivity index (χ3v) is 3.61. The van der Waals surface area contributed by atoms with Crippen LogP contribution in [0.5, 0.6) is 0 Å². The van der Waals surface area contributed by atoms with Gasteiger partial charge in [0.15, 0.2) is 0 Å². The summed E-state index contributed by atoms with van der Waals surface area (Å²) in [4.78, 5) is 4.64. The summed E-state index contributed by atoms with van der Waals surface area (Å²) in [5.41, 5.74) is 3.04. The molecule has 0 aliphatic heterocycles. The van der Waals surface area contributed by atoms with E-state index >= 15 is 0 Å². The highest BCUT2D eigenvalue weighted by Gasteiger charge is 2.14. The lowest BCUT2D eigenvalue weighted by Crippen LogP contribution is -2.15. The predicted molar refractivity (Wildman–Crippen MR) is 76.3 cm³/mol. The van der Waals surface area contributed by atoms with Crippen LogP contribution in [0.1, 0.15) is 29.7 Å². The minimum Gasteiger partial charge on any atom is -0.367 e. The number of hydrogen-bond donors (Lipinski definition) is 1. The zero-order valence-electron chi connectivity index (χ0n) is 11.3. The fourth-order valence-electron chi connectivity index (χ4n) is 2.58. The van der Waals surface area contributed by atoms with Crippen LogP contribution < -0.4 is 5.32 Å². The number of pyridine rings is 1. The smallest absolute Gasteiger partial charge is 0.144 e. The van der Waals surface area contributed by atoms with E-state index in [2.05, 4.69) is 21.5 Å². The lowest BCUT2D eigenvalue weighted by Gasteiger charge is -2.17. The first-order chi connectivity index (χ1) is 9.86. The monoisotopic (exact) mass is 267 g/mol. The van der Waals surface area contributed by atoms with Gasteiger partial charge in [0.25, 0.3) is 0 Å². The van der Waals surface area contributed by atoms with Gasteiger partial charge in [-0.1, -0.05) is 0 Å². The van der Waals surface area contributed by atoms with Crippen molar-refractivity contribution in [3.8, 4) is 6.07 Å². The van der Waals surface area contributed by atoms with Gasteiger partial charge < -0.3 is 5.32 Å². The molecule has 3 rings (SSSR count). The SMILES string of the molecule is N#Cc1cc2c(nc1NCCn1cccn1)CCCC2. The van der Waals surface area contributed by atoms with Crippen molar-refractivity contribution in [2.45, 2.75) is 32.2 Å². The average molecular weight is 267 g/mol. The number of nitrogens with zero attached hydrogens (tertiary/aromatic N) is 4. The van der Waals surface area contributed by atoms with Gasteiger partial charge in [-0.05, 0) is 43.4 Å². The van der Waals surface area contributed by atoms with Gasteiger partial charge in [-0.3, -0.25) is 4.68 Å². The molecule has 1 N–H and O–H groups in total. The summed E-state index contributed by atoms with van der Waals surface area (Å²) >= 11 is 0. The van der Waals surface area contributed by atoms with Crippen molar-refractivity contribution < 1.29 is 0 Å². The number of anilines is 1. The molecule has 102 valence electrons. The average Bonchev–Trinajstić information content (AvgIpc) is 3.00. The Morgan fingerprint density at radius 1 is 1.35 bits per heavy atom. The zero-order chi connectivity index (χ0) is 13.8. The minimum absolute atomic E-state index is 0.645. The van der Waals surface area contributed by atoms with Crippen molar-refractivity contribution in [1.82, 2.24) is 14.8 Å². The van der Waals surface area contributed by atoms with E-state index in [1.54, 1.807) is 6.20 Å². The topological polar surface area (TPSA) is 66.5 Å². The molecule has 0 fully saturated rings. The Bertz CT molecular complexity index is 624. The van der Waals surface area contributed by atoms with Crippen LogP contribution in [-0.2, 0) is 19.4 Å². The molecular weight excluding hydrogens is 250 g/mol. The highest BCUT2D eigenvalue weighted by Crippen LogP contribution is 2.24. The van der Waals surface area contributed by atoms with Gasteiger partial charge in [-0.25, -0.2) is 4.98 Å². The first-order valence-corrected chi connectivity index (χ1v) is 7.01. The van der Waals surface area contributed by atoms with Crippen molar-refractivity contribution in [3.63, 3.8) is 0 Å². The molecule has 1 aliphatic carbocycles. The summed E-state index contributed by atoms with van der Waals surface area (Å²) in [6, 6.07) is 6.14. The largest absolute Gasteiger partial charge is 0.367 e. The van der Waals surface area contributed by atoms with E-state index in [4.69, 9.17) is 0 Å². The Morgan fingerprint density at radius 2 is 2.25 bits per heavy atom. The summed E-state index contributed by atoms with van der Waals surface area (Å²) in [6.07, 6.45) is 8.15. The highest BCUT2D eigenvalue weighted by atomic mass is 15.3. The Morgan fingerprint density at radius 3 is 3.05 bits per heavy atom. The Kier molecular flexibility index (Phi) is 3.64. The molecule has 0 unspecified atom stereocenters. The third-order valence-electron chi connectivity index (χ3n) is 3.61. The molecule has 0 spiro atoms. The predicted octanol–water partition coefficient (Wildman–Crippen LogP) is 2.14. The van der Waals surface area contributed by atoms with E-state index in [-0.39, 0.29) is 0 Å². The molecule has 20 heavy (non-hydrogen) atoms. The van der Waals surface area contributed by atoms with E-state index in [0.29, 0.717) is 17.9 Å². The minimum atomic E-state index is 0.645. The van der Waals surface area contributed by atoms with Gasteiger partial charge >= 0.3 is 0 Å². The second-order valence-corrected chi connectivity index (χ2v) is 5.01. The molecule has 1 aliphatic rings. The number of aryl methyl sites for hydroxylation is 2. The van der Waals surface area contributed by atoms with Crippen LogP contribution in [0.4, 0.5) is 5.82 Å². The molecular formula is C15H17N5. The lowest BCUT2D eigenvalue weighted by atomic mass is 9.95. The van der Waals surface area contributed by atoms with E-state index in [1.807, 2.05) is 23.0 Å². The number of fused-ring (bicyclic) bond motifs is 1. The summed E-state index contributed by atoms with van der Waals surface area (Å²) in [5.74, 6) is 0.709. The summed E-state index contributed by atoms with van der Waals surface area (Å²) in [7, 11) is 0. The van der Waals surface area contributed by atoms with Crippen LogP contribution >= 0.6 is 0 Å². The molecule has 0 bridgehead atoms. The van der Waals surface area contributed by atoms with E-state index < -0.39 is 0 Å². The second kappa shape index (κ2) is 5.74. The van der Waals surface area contributed by atoms with Crippen LogP contribution in [-0.4, -0.2) is 21.3 Å². The fraction of sp³-hybridized carbons (Fsp3) is 0.400. The number of rotatable bonds is 4. The van der Waals surface area contributed by atoms with E-state index in [9.17, 15) is 5.26 Å². The maximum atomic E-state index is 9.26. The molecule has 5 nitrogen and oxygen atoms in total. The quantitative estimate of drug-likeness (QED) is 0.921. The van der Waals surface area contributed by atoms with Gasteiger partial charge in [0.05, 0.1) is 12.1 Å². The van der Waals surface area contributed by atoms with Crippen LogP contribution in [0.3, 0.4) is 0 Å². The summed E-state index contributed by atoms with van der Waals surface area (Å²) in [6.45, 7) is 1.47. The zero-order valence-corrected chi connectivity index (χ0v) is 11.3. The van der Waals surface area contributed by atoms with Gasteiger partial charge in [0.2, 0.25) is 0 Å². The standard InChI is InChI=1S/C15H17N5/c16-11-13-10-12-4-1-2-5-14(12)19-15(13)17-7-9-20-8-3-6-18-20/h3,6,8,10H,1-2,4-5,7,9H2,(H,17,19). The fourth-order valence-corrected chi connectivity index (χ4v) is 2.58. The molecule has 0 amide bonds. The second-order valence-electron chi connectivity index (χ2n) is 5.01. The maximum absolute atomic E-state index is 9.26. The van der Waals surface area contributed by atoms with Crippen LogP contribution in [0.25, 0.3) is 0 Å². The highest BCUT2D eigenvalue weighted by molar-refractivity contribution is 5.54. The summed E-state index contributed by atoms with van der Waals surface area (Å²) < 4.78 is 1.86. The van der Waals surface area contributed by atoms with Crippen LogP contribution in [0, 0.1) is 11.3 Å². The van der Waals surface area contributed by atoms with Crippen molar-refractivity contribution in [2.24, 2.45) is 0 Å². The van der Waals surface area contributed by atoms with Crippen LogP contribution in [0.2, 0.25) is 0 Å². The van der Waals surface area contributed by atoms with Crippen LogP contribution in [0.15, 0.2) is 24.5 Å². The Labute approximate surface area is 118 Å². The third kappa shape index (κ3) is 2.64.